The van der Waals surface area contributed by atoms with Gasteiger partial charge in [-0.25, -0.2) is 13.8 Å². The lowest BCUT2D eigenvalue weighted by Crippen LogP contribution is -2.07. The van der Waals surface area contributed by atoms with Crippen molar-refractivity contribution in [3.63, 3.8) is 0 Å². The zero-order valence-corrected chi connectivity index (χ0v) is 14.9. The number of ether oxygens (including phenoxy) is 1. The van der Waals surface area contributed by atoms with E-state index in [1.54, 1.807) is 18.3 Å². The topological polar surface area (TPSA) is 34.1 Å². The number of aromatic nitrogens is 1. The Balaban J connectivity index is 1.76. The van der Waals surface area contributed by atoms with Crippen LogP contribution in [-0.4, -0.2) is 4.98 Å². The maximum Gasteiger partial charge on any atom is 0.416 e. The Bertz CT molecular complexity index is 937. The molecule has 0 radical (unpaired) electrons. The molecule has 1 N–H and O–H groups in total. The Kier molecular flexibility index (Phi) is 5.52. The zero-order valence-electron chi connectivity index (χ0n) is 13.3. The predicted octanol–water partition coefficient (Wildman–Crippen LogP) is 6.50. The summed E-state index contributed by atoms with van der Waals surface area (Å²) in [4.78, 5) is 4.77. The Morgan fingerprint density at radius 1 is 1.11 bits per heavy atom. The van der Waals surface area contributed by atoms with Crippen LogP contribution in [0.3, 0.4) is 0 Å². The Morgan fingerprint density at radius 2 is 1.81 bits per heavy atom. The summed E-state index contributed by atoms with van der Waals surface area (Å²) < 4.78 is 71.1. The Morgan fingerprint density at radius 3 is 2.41 bits per heavy atom. The van der Waals surface area contributed by atoms with E-state index in [0.717, 1.165) is 4.88 Å². The van der Waals surface area contributed by atoms with E-state index in [2.05, 4.69) is 10.3 Å². The summed E-state index contributed by atoms with van der Waals surface area (Å²) in [6.45, 7) is 0.414. The number of halogens is 6. The van der Waals surface area contributed by atoms with Gasteiger partial charge in [-0.2, -0.15) is 13.2 Å². The molecule has 0 aliphatic heterocycles. The van der Waals surface area contributed by atoms with Crippen LogP contribution in [0.4, 0.5) is 27.6 Å². The number of rotatable bonds is 5. The van der Waals surface area contributed by atoms with Crippen LogP contribution >= 0.6 is 22.9 Å². The van der Waals surface area contributed by atoms with E-state index in [1.165, 1.54) is 23.5 Å². The molecule has 0 saturated heterocycles. The first-order chi connectivity index (χ1) is 12.7. The summed E-state index contributed by atoms with van der Waals surface area (Å²) in [7, 11) is 0. The monoisotopic (exact) mass is 420 g/mol. The van der Waals surface area contributed by atoms with Crippen molar-refractivity contribution in [1.82, 2.24) is 4.98 Å². The van der Waals surface area contributed by atoms with E-state index < -0.39 is 29.1 Å². The third kappa shape index (κ3) is 4.86. The van der Waals surface area contributed by atoms with Crippen LogP contribution in [0.25, 0.3) is 0 Å². The van der Waals surface area contributed by atoms with Crippen LogP contribution in [0, 0.1) is 11.6 Å². The lowest BCUT2D eigenvalue weighted by molar-refractivity contribution is -0.138. The van der Waals surface area contributed by atoms with Crippen molar-refractivity contribution < 1.29 is 26.7 Å². The van der Waals surface area contributed by atoms with Gasteiger partial charge in [-0.1, -0.05) is 17.7 Å². The fraction of sp³-hybridized carbons (Fsp3) is 0.118. The fourth-order valence-corrected chi connectivity index (χ4v) is 3.08. The van der Waals surface area contributed by atoms with Crippen LogP contribution in [0.2, 0.25) is 4.47 Å². The number of nitrogens with zero attached hydrogens (tertiary/aromatic N) is 1. The molecule has 0 unspecified atom stereocenters. The van der Waals surface area contributed by atoms with E-state index >= 15 is 0 Å². The van der Waals surface area contributed by atoms with Crippen LogP contribution in [-0.2, 0) is 12.7 Å². The minimum absolute atomic E-state index is 0.0555. The van der Waals surface area contributed by atoms with Crippen LogP contribution in [0.15, 0.2) is 42.6 Å². The van der Waals surface area contributed by atoms with E-state index in [4.69, 9.17) is 16.3 Å². The van der Waals surface area contributed by atoms with E-state index in [0.29, 0.717) is 16.7 Å². The molecule has 10 heteroatoms. The summed E-state index contributed by atoms with van der Waals surface area (Å²) in [5, 5.41) is 3.05. The predicted molar refractivity (Wildman–Crippen MR) is 92.3 cm³/mol. The molecule has 0 aliphatic carbocycles. The second-order valence-corrected chi connectivity index (χ2v) is 7.03. The largest absolute Gasteiger partial charge is 0.451 e. The Hall–Kier alpha value is -2.39. The molecule has 0 aliphatic rings. The molecule has 0 saturated carbocycles. The van der Waals surface area contributed by atoms with E-state index in [-0.39, 0.29) is 17.9 Å². The molecule has 0 bridgehead atoms. The van der Waals surface area contributed by atoms with Crippen molar-refractivity contribution in [2.75, 3.05) is 5.32 Å². The van der Waals surface area contributed by atoms with Gasteiger partial charge in [0, 0.05) is 22.8 Å². The molecule has 3 nitrogen and oxygen atoms in total. The third-order valence-electron chi connectivity index (χ3n) is 3.37. The van der Waals surface area contributed by atoms with Gasteiger partial charge >= 0.3 is 6.18 Å². The van der Waals surface area contributed by atoms with Crippen LogP contribution in [0.1, 0.15) is 10.4 Å². The maximum atomic E-state index is 13.9. The smallest absolute Gasteiger partial charge is 0.416 e. The van der Waals surface area contributed by atoms with Gasteiger partial charge in [-0.15, -0.1) is 11.3 Å². The molecule has 3 aromatic rings. The van der Waals surface area contributed by atoms with Gasteiger partial charge in [0.25, 0.3) is 0 Å². The first kappa shape index (κ1) is 19.4. The lowest BCUT2D eigenvalue weighted by atomic mass is 10.2. The second-order valence-electron chi connectivity index (χ2n) is 5.33. The molecule has 3 rings (SSSR count). The minimum atomic E-state index is -4.86. The first-order valence-electron chi connectivity index (χ1n) is 7.40. The normalized spacial score (nSPS) is 11.5. The summed E-state index contributed by atoms with van der Waals surface area (Å²) in [5.41, 5.74) is -0.853. The number of nitrogens with one attached hydrogen (secondary N) is 1. The average Bonchev–Trinajstić information content (AvgIpc) is 3.01. The van der Waals surface area contributed by atoms with Crippen molar-refractivity contribution in [3.8, 4) is 11.5 Å². The molecule has 0 fully saturated rings. The van der Waals surface area contributed by atoms with Crippen molar-refractivity contribution in [2.24, 2.45) is 0 Å². The fourth-order valence-electron chi connectivity index (χ4n) is 2.16. The average molecular weight is 421 g/mol. The highest BCUT2D eigenvalue weighted by atomic mass is 35.5. The van der Waals surface area contributed by atoms with Crippen molar-refractivity contribution in [3.05, 3.63) is 69.1 Å². The lowest BCUT2D eigenvalue weighted by Gasteiger charge is -2.12. The number of thiazole rings is 1. The molecule has 0 atom stereocenters. The van der Waals surface area contributed by atoms with Crippen molar-refractivity contribution in [2.45, 2.75) is 12.7 Å². The second kappa shape index (κ2) is 7.69. The quantitative estimate of drug-likeness (QED) is 0.478. The van der Waals surface area contributed by atoms with Gasteiger partial charge in [0.15, 0.2) is 21.9 Å². The molecule has 0 spiro atoms. The molecule has 27 heavy (non-hydrogen) atoms. The molecular weight excluding hydrogens is 411 g/mol. The van der Waals surface area contributed by atoms with Crippen LogP contribution < -0.4 is 10.1 Å². The summed E-state index contributed by atoms with van der Waals surface area (Å²) >= 11 is 7.04. The first-order valence-corrected chi connectivity index (χ1v) is 8.60. The zero-order chi connectivity index (χ0) is 19.6. The summed E-state index contributed by atoms with van der Waals surface area (Å²) in [6, 6.07) is 6.51. The SMILES string of the molecule is Fc1cc(C(F)(F)F)cc(F)c1Oc1cccc(NCc2cnc(Cl)s2)c1. The van der Waals surface area contributed by atoms with Gasteiger partial charge in [0.1, 0.15) is 5.75 Å². The molecule has 0 amide bonds. The third-order valence-corrected chi connectivity index (χ3v) is 4.49. The maximum absolute atomic E-state index is 13.9. The van der Waals surface area contributed by atoms with Crippen molar-refractivity contribution in [1.29, 1.82) is 0 Å². The highest BCUT2D eigenvalue weighted by Crippen LogP contribution is 2.36. The molecule has 2 aromatic carbocycles. The molecule has 142 valence electrons. The van der Waals surface area contributed by atoms with Gasteiger partial charge in [-0.05, 0) is 24.3 Å². The van der Waals surface area contributed by atoms with Gasteiger partial charge in [0.05, 0.1) is 12.1 Å². The molecule has 1 heterocycles. The van der Waals surface area contributed by atoms with Gasteiger partial charge in [0.2, 0.25) is 0 Å². The van der Waals surface area contributed by atoms with E-state index in [1.807, 2.05) is 0 Å². The summed E-state index contributed by atoms with van der Waals surface area (Å²) in [5.74, 6) is -3.74. The van der Waals surface area contributed by atoms with Gasteiger partial charge in [-0.3, -0.25) is 0 Å². The highest BCUT2D eigenvalue weighted by molar-refractivity contribution is 7.15. The number of benzene rings is 2. The van der Waals surface area contributed by atoms with Crippen molar-refractivity contribution >= 4 is 28.6 Å². The Labute approximate surface area is 159 Å². The number of hydrogen-bond donors (Lipinski definition) is 1. The van der Waals surface area contributed by atoms with Crippen LogP contribution in [0.5, 0.6) is 11.5 Å². The van der Waals surface area contributed by atoms with E-state index in [9.17, 15) is 22.0 Å². The molecular formula is C17H10ClF5N2OS. The highest BCUT2D eigenvalue weighted by Gasteiger charge is 2.33. The summed E-state index contributed by atoms with van der Waals surface area (Å²) in [6.07, 6.45) is -3.25. The minimum Gasteiger partial charge on any atom is -0.451 e. The number of hydrogen-bond acceptors (Lipinski definition) is 4. The standard InChI is InChI=1S/C17H10ClF5N2OS/c18-16-25-8-12(27-16)7-24-10-2-1-3-11(6-10)26-15-13(19)4-9(5-14(15)20)17(21,22)23/h1-6,8,24H,7H2. The molecule has 1 aromatic heterocycles. The number of alkyl halides is 3. The number of anilines is 1. The van der Waals surface area contributed by atoms with Gasteiger partial charge < -0.3 is 10.1 Å².